The number of halogens is 1. The zero-order chi connectivity index (χ0) is 22.8. The fourth-order valence-electron chi connectivity index (χ4n) is 3.00. The molecule has 0 saturated carbocycles. The van der Waals surface area contributed by atoms with Crippen molar-refractivity contribution < 1.29 is 19.1 Å². The predicted molar refractivity (Wildman–Crippen MR) is 122 cm³/mol. The second kappa shape index (κ2) is 11.7. The fourth-order valence-corrected chi connectivity index (χ4v) is 3.20. The van der Waals surface area contributed by atoms with E-state index in [9.17, 15) is 14.4 Å². The Bertz CT molecular complexity index is 1060. The predicted octanol–water partition coefficient (Wildman–Crippen LogP) is 3.54. The van der Waals surface area contributed by atoms with E-state index >= 15 is 0 Å². The molecule has 0 heterocycles. The van der Waals surface area contributed by atoms with Crippen LogP contribution in [0.1, 0.15) is 21.5 Å². The van der Waals surface area contributed by atoms with Gasteiger partial charge in [-0.15, -0.1) is 0 Å². The summed E-state index contributed by atoms with van der Waals surface area (Å²) in [5, 5.41) is 5.91. The third-order valence-electron chi connectivity index (χ3n) is 4.69. The number of rotatable bonds is 9. The number of ether oxygens (including phenoxy) is 1. The van der Waals surface area contributed by atoms with Gasteiger partial charge in [-0.2, -0.15) is 0 Å². The van der Waals surface area contributed by atoms with Crippen LogP contribution in [0.15, 0.2) is 84.9 Å². The van der Waals surface area contributed by atoms with Gasteiger partial charge >= 0.3 is 5.97 Å². The summed E-state index contributed by atoms with van der Waals surface area (Å²) in [5.41, 5.74) is 2.03. The van der Waals surface area contributed by atoms with Crippen LogP contribution in [0.3, 0.4) is 0 Å². The maximum atomic E-state index is 12.7. The highest BCUT2D eigenvalue weighted by molar-refractivity contribution is 6.31. The average molecular weight is 451 g/mol. The number of carbonyl (C=O) groups is 3. The highest BCUT2D eigenvalue weighted by Gasteiger charge is 2.24. The third kappa shape index (κ3) is 6.96. The van der Waals surface area contributed by atoms with Crippen LogP contribution in [0.5, 0.6) is 0 Å². The Balaban J connectivity index is 1.59. The molecule has 1 atom stereocenters. The molecule has 0 fully saturated rings. The summed E-state index contributed by atoms with van der Waals surface area (Å²) in [5.74, 6) is -1.55. The molecule has 0 aliphatic carbocycles. The Morgan fingerprint density at radius 2 is 1.47 bits per heavy atom. The molecule has 164 valence electrons. The minimum Gasteiger partial charge on any atom is -0.454 e. The topological polar surface area (TPSA) is 84.5 Å². The van der Waals surface area contributed by atoms with Crippen molar-refractivity contribution in [1.82, 2.24) is 10.6 Å². The van der Waals surface area contributed by atoms with Crippen molar-refractivity contribution in [2.45, 2.75) is 19.0 Å². The quantitative estimate of drug-likeness (QED) is 0.488. The van der Waals surface area contributed by atoms with Gasteiger partial charge in [0.05, 0.1) is 0 Å². The molecule has 0 unspecified atom stereocenters. The SMILES string of the molecule is O=C(COC(=O)[C@@H](Cc1ccccc1)NC(=O)c1ccccc1)NCc1ccccc1Cl. The van der Waals surface area contributed by atoms with Gasteiger partial charge in [0.2, 0.25) is 0 Å². The van der Waals surface area contributed by atoms with Crippen molar-refractivity contribution >= 4 is 29.4 Å². The molecule has 0 bridgehead atoms. The van der Waals surface area contributed by atoms with E-state index in [1.807, 2.05) is 36.4 Å². The van der Waals surface area contributed by atoms with Gasteiger partial charge in [0.1, 0.15) is 6.04 Å². The van der Waals surface area contributed by atoms with Crippen molar-refractivity contribution in [3.05, 3.63) is 107 Å². The Labute approximate surface area is 191 Å². The zero-order valence-electron chi connectivity index (χ0n) is 17.3. The number of benzene rings is 3. The molecule has 0 aliphatic rings. The van der Waals surface area contributed by atoms with Crippen molar-refractivity contribution in [3.63, 3.8) is 0 Å². The second-order valence-corrected chi connectivity index (χ2v) is 7.46. The number of hydrogen-bond acceptors (Lipinski definition) is 4. The summed E-state index contributed by atoms with van der Waals surface area (Å²) < 4.78 is 5.19. The highest BCUT2D eigenvalue weighted by Crippen LogP contribution is 2.14. The van der Waals surface area contributed by atoms with Crippen molar-refractivity contribution in [1.29, 1.82) is 0 Å². The number of hydrogen-bond donors (Lipinski definition) is 2. The van der Waals surface area contributed by atoms with Crippen LogP contribution in [-0.2, 0) is 27.3 Å². The minimum absolute atomic E-state index is 0.217. The van der Waals surface area contributed by atoms with Gasteiger partial charge in [0, 0.05) is 23.6 Å². The standard InChI is InChI=1S/C25H23ClN2O4/c26-21-14-8-7-13-20(21)16-27-23(29)17-32-25(31)22(15-18-9-3-1-4-10-18)28-24(30)19-11-5-2-6-12-19/h1-14,22H,15-17H2,(H,27,29)(H,28,30)/t22-/m1/s1. The Kier molecular flexibility index (Phi) is 8.40. The molecule has 0 radical (unpaired) electrons. The van der Waals surface area contributed by atoms with Gasteiger partial charge in [0.25, 0.3) is 11.8 Å². The molecule has 3 rings (SSSR count). The molecule has 0 saturated heterocycles. The molecule has 3 aromatic rings. The Hall–Kier alpha value is -3.64. The third-order valence-corrected chi connectivity index (χ3v) is 5.06. The summed E-state index contributed by atoms with van der Waals surface area (Å²) in [6, 6.07) is 24.0. The van der Waals surface area contributed by atoms with Crippen molar-refractivity contribution in [3.8, 4) is 0 Å². The first-order valence-electron chi connectivity index (χ1n) is 10.1. The van der Waals surface area contributed by atoms with E-state index in [-0.39, 0.29) is 13.0 Å². The second-order valence-electron chi connectivity index (χ2n) is 7.06. The molecular weight excluding hydrogens is 428 g/mol. The summed E-state index contributed by atoms with van der Waals surface area (Å²) in [4.78, 5) is 37.4. The Morgan fingerprint density at radius 1 is 0.844 bits per heavy atom. The summed E-state index contributed by atoms with van der Waals surface area (Å²) in [6.07, 6.45) is 0.236. The number of nitrogens with one attached hydrogen (secondary N) is 2. The monoisotopic (exact) mass is 450 g/mol. The maximum absolute atomic E-state index is 12.7. The van der Waals surface area contributed by atoms with Crippen LogP contribution >= 0.6 is 11.6 Å². The maximum Gasteiger partial charge on any atom is 0.329 e. The molecule has 0 aliphatic heterocycles. The molecule has 2 amide bonds. The van der Waals surface area contributed by atoms with Crippen molar-refractivity contribution in [2.75, 3.05) is 6.61 Å². The van der Waals surface area contributed by atoms with E-state index in [4.69, 9.17) is 16.3 Å². The average Bonchev–Trinajstić information content (AvgIpc) is 2.82. The molecule has 32 heavy (non-hydrogen) atoms. The van der Waals surface area contributed by atoms with Gasteiger partial charge in [0.15, 0.2) is 6.61 Å². The highest BCUT2D eigenvalue weighted by atomic mass is 35.5. The fraction of sp³-hybridized carbons (Fsp3) is 0.160. The van der Waals surface area contributed by atoms with Crippen LogP contribution in [0.25, 0.3) is 0 Å². The first kappa shape index (κ1) is 23.0. The number of esters is 1. The first-order chi connectivity index (χ1) is 15.5. The lowest BCUT2D eigenvalue weighted by Gasteiger charge is -2.18. The minimum atomic E-state index is -0.943. The first-order valence-corrected chi connectivity index (χ1v) is 10.5. The van der Waals surface area contributed by atoms with E-state index in [2.05, 4.69) is 10.6 Å². The number of amides is 2. The lowest BCUT2D eigenvalue weighted by Crippen LogP contribution is -2.44. The molecule has 6 nitrogen and oxygen atoms in total. The summed E-state index contributed by atoms with van der Waals surface area (Å²) in [7, 11) is 0. The summed E-state index contributed by atoms with van der Waals surface area (Å²) in [6.45, 7) is -0.246. The molecule has 0 aromatic heterocycles. The van der Waals surface area contributed by atoms with Crippen LogP contribution < -0.4 is 10.6 Å². The Morgan fingerprint density at radius 3 is 2.16 bits per heavy atom. The van der Waals surface area contributed by atoms with E-state index in [0.29, 0.717) is 10.6 Å². The van der Waals surface area contributed by atoms with Crippen LogP contribution in [-0.4, -0.2) is 30.4 Å². The van der Waals surface area contributed by atoms with Crippen molar-refractivity contribution in [2.24, 2.45) is 0 Å². The number of carbonyl (C=O) groups excluding carboxylic acids is 3. The molecule has 2 N–H and O–H groups in total. The van der Waals surface area contributed by atoms with Gasteiger partial charge in [-0.05, 0) is 29.3 Å². The summed E-state index contributed by atoms with van der Waals surface area (Å²) >= 11 is 6.08. The van der Waals surface area contributed by atoms with Crippen LogP contribution in [0, 0.1) is 0 Å². The molecular formula is C25H23ClN2O4. The molecule has 0 spiro atoms. The van der Waals surface area contributed by atoms with E-state index in [1.54, 1.807) is 48.5 Å². The van der Waals surface area contributed by atoms with E-state index in [1.165, 1.54) is 0 Å². The van der Waals surface area contributed by atoms with Crippen LogP contribution in [0.2, 0.25) is 5.02 Å². The molecule has 7 heteroatoms. The largest absolute Gasteiger partial charge is 0.454 e. The van der Waals surface area contributed by atoms with Gasteiger partial charge in [-0.1, -0.05) is 78.3 Å². The van der Waals surface area contributed by atoms with Gasteiger partial charge in [-0.25, -0.2) is 4.79 Å². The van der Waals surface area contributed by atoms with Gasteiger partial charge in [-0.3, -0.25) is 9.59 Å². The lowest BCUT2D eigenvalue weighted by molar-refractivity contribution is -0.150. The molecule has 3 aromatic carbocycles. The normalized spacial score (nSPS) is 11.3. The lowest BCUT2D eigenvalue weighted by atomic mass is 10.1. The van der Waals surface area contributed by atoms with E-state index in [0.717, 1.165) is 11.1 Å². The van der Waals surface area contributed by atoms with E-state index < -0.39 is 30.4 Å². The van der Waals surface area contributed by atoms with Gasteiger partial charge < -0.3 is 15.4 Å². The zero-order valence-corrected chi connectivity index (χ0v) is 18.0. The smallest absolute Gasteiger partial charge is 0.329 e. The van der Waals surface area contributed by atoms with Crippen LogP contribution in [0.4, 0.5) is 0 Å².